The minimum atomic E-state index is -2.39. The first-order valence-electron chi connectivity index (χ1n) is 20.5. The van der Waals surface area contributed by atoms with Crippen LogP contribution in [0, 0.1) is 16.7 Å². The normalized spacial score (nSPS) is 30.9. The molecule has 0 spiro atoms. The summed E-state index contributed by atoms with van der Waals surface area (Å²) in [5, 5.41) is 40.2. The SMILES string of the molecule is CC(=O)O[C@H]1C(=O)[C@@]2(C)[C@H]([C@H](OC(=O)c3ccccc3)[C@]3(O)C[C@H](OC(=O)[C@H](O)[C@@H](NC(=O)c4ccccc4)c4ccccc4)C(C)=C1C3(C)C)[C@]1(OC(C)=O)CO[C@@H]1C[C@@H]2O.[Co].[Cr]. The maximum Gasteiger partial charge on any atom is 0.338 e. The van der Waals surface area contributed by atoms with E-state index in [-0.39, 0.29) is 69.4 Å². The van der Waals surface area contributed by atoms with Crippen molar-refractivity contribution in [3.8, 4) is 0 Å². The van der Waals surface area contributed by atoms with Crippen LogP contribution in [0.25, 0.3) is 0 Å². The van der Waals surface area contributed by atoms with Crippen LogP contribution in [0.5, 0.6) is 0 Å². The van der Waals surface area contributed by atoms with Crippen LogP contribution in [0.15, 0.2) is 102 Å². The summed E-state index contributed by atoms with van der Waals surface area (Å²) in [6.07, 6.45) is -10.5. The zero-order valence-corrected chi connectivity index (χ0v) is 38.3. The van der Waals surface area contributed by atoms with Crippen LogP contribution in [-0.4, -0.2) is 105 Å². The smallest absolute Gasteiger partial charge is 0.338 e. The van der Waals surface area contributed by atoms with E-state index < -0.39 is 113 Å². The first-order chi connectivity index (χ1) is 29.3. The van der Waals surface area contributed by atoms with Crippen LogP contribution in [0.3, 0.4) is 0 Å². The Kier molecular flexibility index (Phi) is 15.0. The van der Waals surface area contributed by atoms with E-state index in [0.717, 1.165) is 13.8 Å². The van der Waals surface area contributed by atoms with E-state index in [1.165, 1.54) is 26.0 Å². The second kappa shape index (κ2) is 19.0. The third kappa shape index (κ3) is 8.49. The maximum atomic E-state index is 15.5. The predicted octanol–water partition coefficient (Wildman–Crippen LogP) is 3.73. The molecule has 1 aliphatic heterocycles. The molecule has 1 heterocycles. The number of hydrogen-bond acceptors (Lipinski definition) is 14. The molecule has 1 saturated heterocycles. The number of rotatable bonds is 10. The topological polar surface area (TPSA) is 221 Å². The monoisotopic (exact) mass is 964 g/mol. The van der Waals surface area contributed by atoms with E-state index in [1.54, 1.807) is 92.7 Å². The van der Waals surface area contributed by atoms with Crippen molar-refractivity contribution >= 4 is 35.6 Å². The number of aliphatic hydroxyl groups excluding tert-OH is 2. The molecule has 7 rings (SSSR count). The quantitative estimate of drug-likeness (QED) is 0.129. The fourth-order valence-electron chi connectivity index (χ4n) is 10.2. The van der Waals surface area contributed by atoms with Gasteiger partial charge in [-0.1, -0.05) is 80.6 Å². The Bertz CT molecular complexity index is 2300. The minimum absolute atomic E-state index is 0. The second-order valence-electron chi connectivity index (χ2n) is 17.4. The number of esters is 4. The zero-order chi connectivity index (χ0) is 44.9. The molecule has 17 heteroatoms. The Hall–Kier alpha value is -4.70. The van der Waals surface area contributed by atoms with Gasteiger partial charge in [-0.15, -0.1) is 0 Å². The molecule has 0 unspecified atom stereocenters. The molecule has 1 radical (unpaired) electrons. The van der Waals surface area contributed by atoms with Gasteiger partial charge in [0.05, 0.1) is 35.6 Å². The van der Waals surface area contributed by atoms with Gasteiger partial charge in [0.15, 0.2) is 23.6 Å². The molecule has 64 heavy (non-hydrogen) atoms. The molecule has 3 fully saturated rings. The van der Waals surface area contributed by atoms with Gasteiger partial charge in [-0.2, -0.15) is 0 Å². The molecule has 4 aliphatic rings. The van der Waals surface area contributed by atoms with Crippen LogP contribution >= 0.6 is 0 Å². The fourth-order valence-corrected chi connectivity index (χ4v) is 10.2. The molecule has 3 aromatic rings. The Morgan fingerprint density at radius 3 is 1.92 bits per heavy atom. The number of carbonyl (C=O) groups is 6. The van der Waals surface area contributed by atoms with Crippen LogP contribution < -0.4 is 5.32 Å². The van der Waals surface area contributed by atoms with Gasteiger partial charge >= 0.3 is 23.9 Å². The van der Waals surface area contributed by atoms with E-state index in [2.05, 4.69) is 5.32 Å². The molecule has 1 amide bonds. The summed E-state index contributed by atoms with van der Waals surface area (Å²) < 4.78 is 30.3. The van der Waals surface area contributed by atoms with Gasteiger partial charge in [0.25, 0.3) is 5.91 Å². The third-order valence-electron chi connectivity index (χ3n) is 13.5. The molecule has 3 aliphatic carbocycles. The number of carbonyl (C=O) groups excluding carboxylic acids is 6. The average Bonchev–Trinajstić information content (AvgIpc) is 3.24. The maximum absolute atomic E-state index is 15.5. The number of ketones is 1. The molecule has 2 bridgehead atoms. The number of amides is 1. The van der Waals surface area contributed by atoms with Crippen molar-refractivity contribution in [1.29, 1.82) is 0 Å². The molecule has 3 aromatic carbocycles. The molecule has 15 nitrogen and oxygen atoms in total. The Morgan fingerprint density at radius 2 is 1.39 bits per heavy atom. The summed E-state index contributed by atoms with van der Waals surface area (Å²) in [6, 6.07) is 22.9. The number of benzene rings is 3. The molecule has 11 atom stereocenters. The Balaban J connectivity index is 0.00000385. The molecule has 0 aromatic heterocycles. The van der Waals surface area contributed by atoms with Crippen molar-refractivity contribution in [2.75, 3.05) is 6.61 Å². The van der Waals surface area contributed by atoms with E-state index in [0.29, 0.717) is 5.56 Å². The number of aliphatic hydroxyl groups is 3. The summed E-state index contributed by atoms with van der Waals surface area (Å²) in [7, 11) is 0. The van der Waals surface area contributed by atoms with Gasteiger partial charge in [-0.3, -0.25) is 19.2 Å². The number of hydrogen-bond donors (Lipinski definition) is 4. The number of ether oxygens (including phenoxy) is 5. The van der Waals surface area contributed by atoms with E-state index >= 15 is 4.79 Å². The fraction of sp³-hybridized carbons (Fsp3) is 0.447. The van der Waals surface area contributed by atoms with E-state index in [4.69, 9.17) is 23.7 Å². The van der Waals surface area contributed by atoms with Gasteiger partial charge in [0, 0.05) is 71.8 Å². The van der Waals surface area contributed by atoms with E-state index in [1.807, 2.05) is 0 Å². The molecular weight excluding hydrogens is 913 g/mol. The van der Waals surface area contributed by atoms with Crippen molar-refractivity contribution < 1.29 is 102 Å². The number of Topliss-reactive ketones (excluding diaryl/α,β-unsaturated/α-hetero) is 1. The summed E-state index contributed by atoms with van der Waals surface area (Å²) in [5.41, 5.74) is -7.02. The van der Waals surface area contributed by atoms with Gasteiger partial charge in [-0.25, -0.2) is 9.59 Å². The summed E-state index contributed by atoms with van der Waals surface area (Å²) in [5.74, 6) is -6.84. The summed E-state index contributed by atoms with van der Waals surface area (Å²) >= 11 is 0. The van der Waals surface area contributed by atoms with Gasteiger partial charge in [0.2, 0.25) is 0 Å². The van der Waals surface area contributed by atoms with Crippen molar-refractivity contribution in [1.82, 2.24) is 5.32 Å². The Morgan fingerprint density at radius 1 is 0.828 bits per heavy atom. The molecule has 2 saturated carbocycles. The molecular formula is C47H51CoCrNO14. The van der Waals surface area contributed by atoms with Gasteiger partial charge < -0.3 is 44.3 Å². The molecule has 4 N–H and O–H groups in total. The van der Waals surface area contributed by atoms with Crippen LogP contribution in [0.1, 0.15) is 86.7 Å². The average molecular weight is 965 g/mol. The van der Waals surface area contributed by atoms with Crippen LogP contribution in [0.4, 0.5) is 0 Å². The first-order valence-corrected chi connectivity index (χ1v) is 20.5. The van der Waals surface area contributed by atoms with Crippen molar-refractivity contribution in [2.24, 2.45) is 16.7 Å². The number of fused-ring (bicyclic) bond motifs is 5. The van der Waals surface area contributed by atoms with Gasteiger partial charge in [-0.05, 0) is 54.8 Å². The molecule has 343 valence electrons. The predicted molar refractivity (Wildman–Crippen MR) is 218 cm³/mol. The van der Waals surface area contributed by atoms with Crippen molar-refractivity contribution in [3.63, 3.8) is 0 Å². The van der Waals surface area contributed by atoms with Crippen molar-refractivity contribution in [2.45, 2.75) is 108 Å². The Labute approximate surface area is 391 Å². The number of nitrogens with one attached hydrogen (secondary N) is 1. The van der Waals surface area contributed by atoms with E-state index in [9.17, 15) is 39.3 Å². The third-order valence-corrected chi connectivity index (χ3v) is 13.5. The minimum Gasteiger partial charge on any atom is -0.456 e. The van der Waals surface area contributed by atoms with Crippen LogP contribution in [-0.2, 0) is 77.0 Å². The summed E-state index contributed by atoms with van der Waals surface area (Å²) in [6.45, 7) is 7.97. The zero-order valence-electron chi connectivity index (χ0n) is 36.0. The second-order valence-corrected chi connectivity index (χ2v) is 17.4. The standard InChI is InChI=1S/C47H51NO14.Co.Cr/c1-25-31(60-43(56)36(52)35(28-16-10-7-11-17-28)48-41(54)29-18-12-8-13-19-29)23-47(57)40(61-42(55)30-20-14-9-15-21-30)38-45(6,32(51)22-33-46(38,24-58-33)62-27(3)50)39(53)37(59-26(2)49)34(25)44(47,4)5;;/h7-21,31-33,35-38,40,51-52,57H,22-24H2,1-6H3,(H,48,54);;/t31-,32-,33+,35-,36+,37+,38-,40-,45+,46-,47+;;/m0../s1. The van der Waals surface area contributed by atoms with Crippen molar-refractivity contribution in [3.05, 3.63) is 119 Å². The first kappa shape index (κ1) is 50.3. The summed E-state index contributed by atoms with van der Waals surface area (Å²) in [4.78, 5) is 83.5. The largest absolute Gasteiger partial charge is 0.456 e. The van der Waals surface area contributed by atoms with Gasteiger partial charge in [0.1, 0.15) is 23.9 Å². The van der Waals surface area contributed by atoms with Crippen LogP contribution in [0.2, 0.25) is 0 Å².